The van der Waals surface area contributed by atoms with Crippen LogP contribution in [0.25, 0.3) is 0 Å². The fourth-order valence-electron chi connectivity index (χ4n) is 2.05. The van der Waals surface area contributed by atoms with Gasteiger partial charge in [0.05, 0.1) is 0 Å². The van der Waals surface area contributed by atoms with Crippen LogP contribution >= 0.6 is 0 Å². The molecule has 4 heteroatoms. The molecule has 1 N–H and O–H groups in total. The van der Waals surface area contributed by atoms with E-state index in [9.17, 15) is 4.39 Å². The molecule has 0 amide bonds. The standard InChI is InChI=1S/C15H18FN3/c1-10-8-14(16)5-4-13(10)6-7-17-15-18-11(2)9-12(3)19-15/h4-5,8-9H,6-7H2,1-3H3,(H,17,18,19). The highest BCUT2D eigenvalue weighted by Crippen LogP contribution is 2.11. The fourth-order valence-corrected chi connectivity index (χ4v) is 2.05. The van der Waals surface area contributed by atoms with Crippen molar-refractivity contribution in [3.8, 4) is 0 Å². The van der Waals surface area contributed by atoms with Crippen LogP contribution in [0.1, 0.15) is 22.5 Å². The number of rotatable bonds is 4. The first-order chi connectivity index (χ1) is 9.04. The molecule has 0 spiro atoms. The van der Waals surface area contributed by atoms with Crippen molar-refractivity contribution in [3.63, 3.8) is 0 Å². The number of nitrogens with one attached hydrogen (secondary N) is 1. The lowest BCUT2D eigenvalue weighted by Gasteiger charge is -2.08. The van der Waals surface area contributed by atoms with E-state index in [1.165, 1.54) is 6.07 Å². The average molecular weight is 259 g/mol. The number of aromatic nitrogens is 2. The van der Waals surface area contributed by atoms with Crippen molar-refractivity contribution in [1.29, 1.82) is 0 Å². The Bertz CT molecular complexity index is 561. The van der Waals surface area contributed by atoms with E-state index in [1.54, 1.807) is 6.07 Å². The minimum atomic E-state index is -0.188. The topological polar surface area (TPSA) is 37.8 Å². The molecule has 3 nitrogen and oxygen atoms in total. The highest BCUT2D eigenvalue weighted by atomic mass is 19.1. The molecule has 0 aliphatic carbocycles. The van der Waals surface area contributed by atoms with Gasteiger partial charge in [-0.05, 0) is 56.5 Å². The van der Waals surface area contributed by atoms with E-state index in [-0.39, 0.29) is 5.82 Å². The molecule has 0 saturated carbocycles. The first-order valence-electron chi connectivity index (χ1n) is 6.36. The van der Waals surface area contributed by atoms with Crippen LogP contribution in [0.3, 0.4) is 0 Å². The third kappa shape index (κ3) is 3.74. The molecule has 0 unspecified atom stereocenters. The molecule has 0 aliphatic rings. The van der Waals surface area contributed by atoms with Crippen LogP contribution in [-0.4, -0.2) is 16.5 Å². The molecule has 0 bridgehead atoms. The van der Waals surface area contributed by atoms with Crippen molar-refractivity contribution in [1.82, 2.24) is 9.97 Å². The summed E-state index contributed by atoms with van der Waals surface area (Å²) in [7, 11) is 0. The van der Waals surface area contributed by atoms with Gasteiger partial charge in [0.2, 0.25) is 5.95 Å². The van der Waals surface area contributed by atoms with Crippen LogP contribution in [-0.2, 0) is 6.42 Å². The molecular formula is C15H18FN3. The molecule has 0 aliphatic heterocycles. The number of benzene rings is 1. The number of nitrogens with zero attached hydrogens (tertiary/aromatic N) is 2. The number of aryl methyl sites for hydroxylation is 3. The Morgan fingerprint density at radius 3 is 2.37 bits per heavy atom. The monoisotopic (exact) mass is 259 g/mol. The van der Waals surface area contributed by atoms with Crippen LogP contribution in [0.15, 0.2) is 24.3 Å². The van der Waals surface area contributed by atoms with Crippen molar-refractivity contribution in [2.24, 2.45) is 0 Å². The van der Waals surface area contributed by atoms with E-state index in [4.69, 9.17) is 0 Å². The Kier molecular flexibility index (Phi) is 4.10. The summed E-state index contributed by atoms with van der Waals surface area (Å²) in [5.41, 5.74) is 4.02. The third-order valence-corrected chi connectivity index (χ3v) is 2.96. The van der Waals surface area contributed by atoms with Gasteiger partial charge in [0.1, 0.15) is 5.82 Å². The summed E-state index contributed by atoms with van der Waals surface area (Å²) in [4.78, 5) is 8.64. The van der Waals surface area contributed by atoms with Gasteiger partial charge in [-0.3, -0.25) is 0 Å². The molecule has 0 atom stereocenters. The van der Waals surface area contributed by atoms with Crippen LogP contribution < -0.4 is 5.32 Å². The Morgan fingerprint density at radius 2 is 1.74 bits per heavy atom. The van der Waals surface area contributed by atoms with Crippen molar-refractivity contribution in [2.45, 2.75) is 27.2 Å². The maximum absolute atomic E-state index is 13.0. The maximum atomic E-state index is 13.0. The van der Waals surface area contributed by atoms with Crippen molar-refractivity contribution >= 4 is 5.95 Å². The Morgan fingerprint density at radius 1 is 1.05 bits per heavy atom. The van der Waals surface area contributed by atoms with Gasteiger partial charge < -0.3 is 5.32 Å². The highest BCUT2D eigenvalue weighted by molar-refractivity contribution is 5.30. The van der Waals surface area contributed by atoms with Crippen molar-refractivity contribution in [2.75, 3.05) is 11.9 Å². The summed E-state index contributed by atoms with van der Waals surface area (Å²) in [6, 6.07) is 6.82. The smallest absolute Gasteiger partial charge is 0.223 e. The van der Waals surface area contributed by atoms with Gasteiger partial charge in [0.25, 0.3) is 0 Å². The molecule has 0 radical (unpaired) electrons. The summed E-state index contributed by atoms with van der Waals surface area (Å²) in [5, 5.41) is 3.20. The molecule has 2 aromatic rings. The first kappa shape index (κ1) is 13.5. The number of halogens is 1. The Balaban J connectivity index is 1.96. The minimum absolute atomic E-state index is 0.188. The Labute approximate surface area is 112 Å². The van der Waals surface area contributed by atoms with Gasteiger partial charge >= 0.3 is 0 Å². The molecular weight excluding hydrogens is 241 g/mol. The van der Waals surface area contributed by atoms with Gasteiger partial charge in [-0.1, -0.05) is 6.07 Å². The summed E-state index contributed by atoms with van der Waals surface area (Å²) < 4.78 is 13.0. The zero-order valence-electron chi connectivity index (χ0n) is 11.5. The van der Waals surface area contributed by atoms with Crippen molar-refractivity contribution in [3.05, 3.63) is 52.6 Å². The van der Waals surface area contributed by atoms with E-state index in [2.05, 4.69) is 15.3 Å². The summed E-state index contributed by atoms with van der Waals surface area (Å²) >= 11 is 0. The lowest BCUT2D eigenvalue weighted by molar-refractivity contribution is 0.625. The normalized spacial score (nSPS) is 10.5. The molecule has 19 heavy (non-hydrogen) atoms. The quantitative estimate of drug-likeness (QED) is 0.916. The summed E-state index contributed by atoms with van der Waals surface area (Å²) in [6.45, 7) is 6.55. The molecule has 100 valence electrons. The second-order valence-electron chi connectivity index (χ2n) is 4.72. The predicted octanol–water partition coefficient (Wildman–Crippen LogP) is 3.20. The zero-order valence-corrected chi connectivity index (χ0v) is 11.5. The Hall–Kier alpha value is -1.97. The number of anilines is 1. The fraction of sp³-hybridized carbons (Fsp3) is 0.333. The van der Waals surface area contributed by atoms with E-state index >= 15 is 0 Å². The van der Waals surface area contributed by atoms with E-state index < -0.39 is 0 Å². The van der Waals surface area contributed by atoms with Crippen LogP contribution in [0.5, 0.6) is 0 Å². The van der Waals surface area contributed by atoms with Gasteiger partial charge in [0.15, 0.2) is 0 Å². The first-order valence-corrected chi connectivity index (χ1v) is 6.36. The largest absolute Gasteiger partial charge is 0.354 e. The molecule has 2 rings (SSSR count). The zero-order chi connectivity index (χ0) is 13.8. The van der Waals surface area contributed by atoms with Crippen molar-refractivity contribution < 1.29 is 4.39 Å². The second-order valence-corrected chi connectivity index (χ2v) is 4.72. The highest BCUT2D eigenvalue weighted by Gasteiger charge is 2.02. The van der Waals surface area contributed by atoms with Crippen LogP contribution in [0.4, 0.5) is 10.3 Å². The second kappa shape index (κ2) is 5.78. The van der Waals surface area contributed by atoms with E-state index in [1.807, 2.05) is 32.9 Å². The van der Waals surface area contributed by atoms with E-state index in [0.29, 0.717) is 5.95 Å². The third-order valence-electron chi connectivity index (χ3n) is 2.96. The SMILES string of the molecule is Cc1cc(C)nc(NCCc2ccc(F)cc2C)n1. The molecule has 1 aromatic heterocycles. The van der Waals surface area contributed by atoms with E-state index in [0.717, 1.165) is 35.5 Å². The molecule has 0 fully saturated rings. The predicted molar refractivity (Wildman–Crippen MR) is 74.8 cm³/mol. The molecule has 0 saturated heterocycles. The van der Waals surface area contributed by atoms with Crippen LogP contribution in [0.2, 0.25) is 0 Å². The summed E-state index contributed by atoms with van der Waals surface area (Å²) in [5.74, 6) is 0.462. The minimum Gasteiger partial charge on any atom is -0.354 e. The average Bonchev–Trinajstić information content (AvgIpc) is 2.30. The van der Waals surface area contributed by atoms with Gasteiger partial charge in [-0.15, -0.1) is 0 Å². The lowest BCUT2D eigenvalue weighted by Crippen LogP contribution is -2.09. The van der Waals surface area contributed by atoms with Gasteiger partial charge in [-0.2, -0.15) is 0 Å². The maximum Gasteiger partial charge on any atom is 0.223 e. The molecule has 1 aromatic carbocycles. The molecule has 1 heterocycles. The van der Waals surface area contributed by atoms with Crippen LogP contribution in [0, 0.1) is 26.6 Å². The lowest BCUT2D eigenvalue weighted by atomic mass is 10.1. The summed E-state index contributed by atoms with van der Waals surface area (Å²) in [6.07, 6.45) is 0.822. The number of hydrogen-bond donors (Lipinski definition) is 1. The number of hydrogen-bond acceptors (Lipinski definition) is 3. The van der Waals surface area contributed by atoms with Gasteiger partial charge in [0, 0.05) is 17.9 Å². The van der Waals surface area contributed by atoms with Gasteiger partial charge in [-0.25, -0.2) is 14.4 Å².